The number of unbranched alkanes of at least 4 members (excludes halogenated alkanes) is 11. The molecule has 0 spiro atoms. The van der Waals surface area contributed by atoms with Crippen LogP contribution in [-0.2, 0) is 16.5 Å². The Balaban J connectivity index is 1.81. The Morgan fingerprint density at radius 2 is 1.25 bits per heavy atom. The molecule has 2 N–H and O–H groups in total. The zero-order chi connectivity index (χ0) is 23.2. The number of hydrogen-bond acceptors (Lipinski definition) is 4. The molecular formula is C26H38O5S. The number of ether oxygens (including phenoxy) is 1. The van der Waals surface area contributed by atoms with Crippen LogP contribution < -0.4 is 4.74 Å². The third-order valence-electron chi connectivity index (χ3n) is 5.70. The fraction of sp³-hybridized carbons (Fsp3) is 0.538. The van der Waals surface area contributed by atoms with E-state index in [1.807, 2.05) is 0 Å². The zero-order valence-corrected chi connectivity index (χ0v) is 20.1. The smallest absolute Gasteiger partial charge is 0.298 e. The van der Waals surface area contributed by atoms with Crippen LogP contribution in [0.5, 0.6) is 17.2 Å². The molecule has 2 aromatic carbocycles. The number of benzene rings is 2. The highest BCUT2D eigenvalue weighted by Gasteiger charge is 2.22. The van der Waals surface area contributed by atoms with E-state index in [4.69, 9.17) is 4.74 Å². The molecule has 0 saturated heterocycles. The van der Waals surface area contributed by atoms with Crippen molar-refractivity contribution in [2.24, 2.45) is 0 Å². The number of phenols is 1. The van der Waals surface area contributed by atoms with Crippen LogP contribution >= 0.6 is 0 Å². The summed E-state index contributed by atoms with van der Waals surface area (Å²) in [6.07, 6.45) is 15.3. The molecule has 178 valence electrons. The van der Waals surface area contributed by atoms with Gasteiger partial charge < -0.3 is 9.84 Å². The SMILES string of the molecule is CCCCCCCCCCCCCCc1cccc(Oc2ccccc2O)c1S(=O)(=O)O. The van der Waals surface area contributed by atoms with E-state index in [1.165, 1.54) is 69.9 Å². The summed E-state index contributed by atoms with van der Waals surface area (Å²) in [6, 6.07) is 11.2. The first-order valence-electron chi connectivity index (χ1n) is 12.0. The van der Waals surface area contributed by atoms with Gasteiger partial charge in [-0.2, -0.15) is 8.42 Å². The first-order chi connectivity index (χ1) is 15.4. The molecule has 0 unspecified atom stereocenters. The van der Waals surface area contributed by atoms with Crippen LogP contribution in [0.15, 0.2) is 47.4 Å². The van der Waals surface area contributed by atoms with E-state index in [0.29, 0.717) is 12.0 Å². The standard InChI is InChI=1S/C26H38O5S/c1-2-3-4-5-6-7-8-9-10-11-12-13-17-22-18-16-21-25(26(22)32(28,29)30)31-24-20-15-14-19-23(24)27/h14-16,18-21,27H,2-13,17H2,1H3,(H,28,29,30). The van der Waals surface area contributed by atoms with Gasteiger partial charge in [0.15, 0.2) is 11.5 Å². The molecule has 0 atom stereocenters. The van der Waals surface area contributed by atoms with Gasteiger partial charge in [-0.25, -0.2) is 0 Å². The Hall–Kier alpha value is -2.05. The number of aromatic hydroxyl groups is 1. The van der Waals surface area contributed by atoms with E-state index < -0.39 is 10.1 Å². The number of rotatable bonds is 16. The van der Waals surface area contributed by atoms with Gasteiger partial charge in [-0.15, -0.1) is 0 Å². The van der Waals surface area contributed by atoms with Crippen LogP contribution in [0.25, 0.3) is 0 Å². The maximum absolute atomic E-state index is 12.1. The summed E-state index contributed by atoms with van der Waals surface area (Å²) in [7, 11) is -4.47. The number of para-hydroxylation sites is 2. The molecule has 0 aliphatic carbocycles. The van der Waals surface area contributed by atoms with Gasteiger partial charge in [-0.05, 0) is 36.6 Å². The molecular weight excluding hydrogens is 424 g/mol. The molecule has 2 aromatic rings. The van der Waals surface area contributed by atoms with E-state index in [0.717, 1.165) is 19.3 Å². The third kappa shape index (κ3) is 9.21. The number of hydrogen-bond donors (Lipinski definition) is 2. The van der Waals surface area contributed by atoms with Crippen molar-refractivity contribution in [3.05, 3.63) is 48.0 Å². The molecule has 0 bridgehead atoms. The Kier molecular flexibility index (Phi) is 11.6. The molecule has 0 fully saturated rings. The van der Waals surface area contributed by atoms with Crippen molar-refractivity contribution < 1.29 is 22.8 Å². The Labute approximate surface area is 193 Å². The van der Waals surface area contributed by atoms with E-state index in [9.17, 15) is 18.1 Å². The summed E-state index contributed by atoms with van der Waals surface area (Å²) < 4.78 is 39.6. The first-order valence-corrected chi connectivity index (χ1v) is 13.4. The lowest BCUT2D eigenvalue weighted by molar-refractivity contribution is 0.401. The molecule has 0 aliphatic rings. The summed E-state index contributed by atoms with van der Waals surface area (Å²) in [5, 5.41) is 9.92. The normalized spacial score (nSPS) is 11.6. The molecule has 2 rings (SSSR count). The minimum absolute atomic E-state index is 0.0189. The zero-order valence-electron chi connectivity index (χ0n) is 19.3. The van der Waals surface area contributed by atoms with Gasteiger partial charge in [-0.3, -0.25) is 4.55 Å². The van der Waals surface area contributed by atoms with Crippen molar-refractivity contribution in [2.45, 2.75) is 95.3 Å². The van der Waals surface area contributed by atoms with Crippen molar-refractivity contribution in [3.63, 3.8) is 0 Å². The lowest BCUT2D eigenvalue weighted by atomic mass is 10.0. The molecule has 0 aliphatic heterocycles. The highest BCUT2D eigenvalue weighted by Crippen LogP contribution is 2.35. The monoisotopic (exact) mass is 462 g/mol. The molecule has 5 nitrogen and oxygen atoms in total. The minimum atomic E-state index is -4.47. The summed E-state index contributed by atoms with van der Waals surface area (Å²) in [6.45, 7) is 2.24. The highest BCUT2D eigenvalue weighted by atomic mass is 32.2. The van der Waals surface area contributed by atoms with Crippen molar-refractivity contribution >= 4 is 10.1 Å². The lowest BCUT2D eigenvalue weighted by Gasteiger charge is -2.14. The van der Waals surface area contributed by atoms with Gasteiger partial charge in [0.05, 0.1) is 0 Å². The highest BCUT2D eigenvalue weighted by molar-refractivity contribution is 7.86. The predicted molar refractivity (Wildman–Crippen MR) is 129 cm³/mol. The second-order valence-corrected chi connectivity index (χ2v) is 9.79. The second kappa shape index (κ2) is 14.2. The van der Waals surface area contributed by atoms with Crippen molar-refractivity contribution in [3.8, 4) is 17.2 Å². The van der Waals surface area contributed by atoms with Crippen molar-refractivity contribution in [1.29, 1.82) is 0 Å². The Bertz CT molecular complexity index is 908. The molecule has 6 heteroatoms. The molecule has 0 radical (unpaired) electrons. The third-order valence-corrected chi connectivity index (χ3v) is 6.68. The number of phenolic OH excluding ortho intramolecular Hbond substituents is 1. The summed E-state index contributed by atoms with van der Waals surface area (Å²) in [5.74, 6) is 0.0606. The van der Waals surface area contributed by atoms with Gasteiger partial charge in [0, 0.05) is 0 Å². The maximum atomic E-state index is 12.1. The van der Waals surface area contributed by atoms with E-state index in [-0.39, 0.29) is 22.1 Å². The van der Waals surface area contributed by atoms with Crippen LogP contribution in [0.3, 0.4) is 0 Å². The van der Waals surface area contributed by atoms with Gasteiger partial charge in [0.1, 0.15) is 10.6 Å². The van der Waals surface area contributed by atoms with E-state index >= 15 is 0 Å². The fourth-order valence-corrected chi connectivity index (χ4v) is 4.82. The van der Waals surface area contributed by atoms with Crippen LogP contribution in [0.4, 0.5) is 0 Å². The van der Waals surface area contributed by atoms with Gasteiger partial charge >= 0.3 is 0 Å². The molecule has 0 saturated carbocycles. The lowest BCUT2D eigenvalue weighted by Crippen LogP contribution is -2.06. The van der Waals surface area contributed by atoms with E-state index in [2.05, 4.69) is 6.92 Å². The second-order valence-electron chi connectivity index (χ2n) is 8.43. The molecule has 0 heterocycles. The Morgan fingerprint density at radius 3 is 1.81 bits per heavy atom. The minimum Gasteiger partial charge on any atom is -0.504 e. The molecule has 0 amide bonds. The van der Waals surface area contributed by atoms with Crippen molar-refractivity contribution in [1.82, 2.24) is 0 Å². The predicted octanol–water partition coefficient (Wildman–Crippen LogP) is 7.67. The summed E-state index contributed by atoms with van der Waals surface area (Å²) >= 11 is 0. The number of aryl methyl sites for hydroxylation is 1. The van der Waals surface area contributed by atoms with Crippen molar-refractivity contribution in [2.75, 3.05) is 0 Å². The quantitative estimate of drug-likeness (QED) is 0.197. The summed E-state index contributed by atoms with van der Waals surface area (Å²) in [4.78, 5) is -0.216. The van der Waals surface area contributed by atoms with Crippen LogP contribution in [0, 0.1) is 0 Å². The van der Waals surface area contributed by atoms with Gasteiger partial charge in [0.2, 0.25) is 0 Å². The van der Waals surface area contributed by atoms with E-state index in [1.54, 1.807) is 30.3 Å². The van der Waals surface area contributed by atoms with Crippen LogP contribution in [-0.4, -0.2) is 18.1 Å². The average Bonchev–Trinajstić information content (AvgIpc) is 2.75. The maximum Gasteiger partial charge on any atom is 0.298 e. The topological polar surface area (TPSA) is 83.8 Å². The molecule has 32 heavy (non-hydrogen) atoms. The average molecular weight is 463 g/mol. The van der Waals surface area contributed by atoms with Crippen LogP contribution in [0.1, 0.15) is 89.5 Å². The summed E-state index contributed by atoms with van der Waals surface area (Å²) in [5.41, 5.74) is 0.535. The van der Waals surface area contributed by atoms with Gasteiger partial charge in [-0.1, -0.05) is 102 Å². The Morgan fingerprint density at radius 1 is 0.719 bits per heavy atom. The fourth-order valence-electron chi connectivity index (χ4n) is 3.95. The van der Waals surface area contributed by atoms with Crippen LogP contribution in [0.2, 0.25) is 0 Å². The van der Waals surface area contributed by atoms with Gasteiger partial charge in [0.25, 0.3) is 10.1 Å². The largest absolute Gasteiger partial charge is 0.504 e. The molecule has 0 aromatic heterocycles. The first kappa shape index (κ1) is 26.2.